The van der Waals surface area contributed by atoms with Crippen molar-refractivity contribution in [3.05, 3.63) is 29.8 Å². The first kappa shape index (κ1) is 17.8. The Kier molecular flexibility index (Phi) is 6.90. The van der Waals surface area contributed by atoms with Gasteiger partial charge in [0.05, 0.1) is 12.7 Å². The van der Waals surface area contributed by atoms with Crippen LogP contribution < -0.4 is 4.74 Å². The molecule has 2 rings (SSSR count). The minimum absolute atomic E-state index is 0.00842. The number of rotatable bonds is 7. The molecule has 1 aliphatic carbocycles. The molecule has 1 aromatic rings. The highest BCUT2D eigenvalue weighted by Gasteiger charge is 2.27. The Morgan fingerprint density at radius 2 is 2.22 bits per heavy atom. The van der Waals surface area contributed by atoms with Gasteiger partial charge < -0.3 is 14.7 Å². The molecule has 0 heterocycles. The van der Waals surface area contributed by atoms with E-state index in [0.717, 1.165) is 37.9 Å². The molecular weight excluding hydrogens is 290 g/mol. The summed E-state index contributed by atoms with van der Waals surface area (Å²) >= 11 is 0. The molecule has 0 spiro atoms. The van der Waals surface area contributed by atoms with Gasteiger partial charge in [0, 0.05) is 19.5 Å². The number of benzene rings is 1. The van der Waals surface area contributed by atoms with E-state index in [9.17, 15) is 9.90 Å². The molecule has 1 N–H and O–H groups in total. The first-order valence-electron chi connectivity index (χ1n) is 8.75. The standard InChI is InChI=1S/C19H29NO3/c1-3-15-7-4-10-18(13-15)23-12-6-11-20(2)19(22)16-8-5-9-17(21)14-16/h4,7,10,13,16-17,21H,3,5-6,8-9,11-12,14H2,1-2H3/t16-,17+/m1/s1. The third-order valence-electron chi connectivity index (χ3n) is 4.59. The second-order valence-electron chi connectivity index (χ2n) is 6.48. The number of aryl methyl sites for hydroxylation is 1. The summed E-state index contributed by atoms with van der Waals surface area (Å²) in [5.41, 5.74) is 1.27. The van der Waals surface area contributed by atoms with Crippen LogP contribution in [0.4, 0.5) is 0 Å². The first-order valence-corrected chi connectivity index (χ1v) is 8.75. The Morgan fingerprint density at radius 3 is 2.96 bits per heavy atom. The smallest absolute Gasteiger partial charge is 0.225 e. The minimum Gasteiger partial charge on any atom is -0.494 e. The highest BCUT2D eigenvalue weighted by Crippen LogP contribution is 2.25. The molecular formula is C19H29NO3. The molecule has 4 heteroatoms. The average molecular weight is 319 g/mol. The molecule has 4 nitrogen and oxygen atoms in total. The van der Waals surface area contributed by atoms with Crippen molar-refractivity contribution >= 4 is 5.91 Å². The maximum atomic E-state index is 12.4. The molecule has 0 radical (unpaired) electrons. The van der Waals surface area contributed by atoms with Crippen LogP contribution in [0, 0.1) is 5.92 Å². The highest BCUT2D eigenvalue weighted by molar-refractivity contribution is 5.78. The van der Waals surface area contributed by atoms with Gasteiger partial charge in [-0.3, -0.25) is 4.79 Å². The Morgan fingerprint density at radius 1 is 1.39 bits per heavy atom. The van der Waals surface area contributed by atoms with Crippen LogP contribution in [0.3, 0.4) is 0 Å². The summed E-state index contributed by atoms with van der Waals surface area (Å²) in [5, 5.41) is 9.70. The van der Waals surface area contributed by atoms with Crippen molar-refractivity contribution in [1.29, 1.82) is 0 Å². The van der Waals surface area contributed by atoms with Crippen LogP contribution in [-0.4, -0.2) is 42.2 Å². The van der Waals surface area contributed by atoms with Crippen molar-refractivity contribution in [3.63, 3.8) is 0 Å². The van der Waals surface area contributed by atoms with E-state index in [0.29, 0.717) is 19.6 Å². The number of hydrogen-bond acceptors (Lipinski definition) is 3. The van der Waals surface area contributed by atoms with Crippen molar-refractivity contribution in [2.45, 2.75) is 51.6 Å². The summed E-state index contributed by atoms with van der Waals surface area (Å²) < 4.78 is 5.76. The van der Waals surface area contributed by atoms with E-state index in [2.05, 4.69) is 19.1 Å². The maximum absolute atomic E-state index is 12.4. The molecule has 0 bridgehead atoms. The molecule has 2 atom stereocenters. The van der Waals surface area contributed by atoms with Crippen molar-refractivity contribution in [3.8, 4) is 5.75 Å². The second-order valence-corrected chi connectivity index (χ2v) is 6.48. The van der Waals surface area contributed by atoms with Crippen molar-refractivity contribution in [2.24, 2.45) is 5.92 Å². The SMILES string of the molecule is CCc1cccc(OCCCN(C)C(=O)[C@@H]2CCC[C@H](O)C2)c1. The topological polar surface area (TPSA) is 49.8 Å². The van der Waals surface area contributed by atoms with Gasteiger partial charge in [-0.1, -0.05) is 25.5 Å². The minimum atomic E-state index is -0.305. The summed E-state index contributed by atoms with van der Waals surface area (Å²) in [5.74, 6) is 1.05. The molecule has 1 fully saturated rings. The second kappa shape index (κ2) is 8.92. The van der Waals surface area contributed by atoms with Gasteiger partial charge in [0.15, 0.2) is 0 Å². The Bertz CT molecular complexity index is 503. The van der Waals surface area contributed by atoms with Gasteiger partial charge in [-0.15, -0.1) is 0 Å². The Labute approximate surface area is 139 Å². The lowest BCUT2D eigenvalue weighted by Gasteiger charge is -2.28. The molecule has 0 aromatic heterocycles. The zero-order chi connectivity index (χ0) is 16.7. The number of amides is 1. The monoisotopic (exact) mass is 319 g/mol. The molecule has 1 amide bonds. The van der Waals surface area contributed by atoms with E-state index in [1.54, 1.807) is 4.90 Å². The number of hydrogen-bond donors (Lipinski definition) is 1. The lowest BCUT2D eigenvalue weighted by molar-refractivity contribution is -0.136. The van der Waals surface area contributed by atoms with E-state index in [1.807, 2.05) is 19.2 Å². The van der Waals surface area contributed by atoms with Crippen LogP contribution in [0.15, 0.2) is 24.3 Å². The van der Waals surface area contributed by atoms with Crippen LogP contribution in [0.2, 0.25) is 0 Å². The van der Waals surface area contributed by atoms with Crippen molar-refractivity contribution in [1.82, 2.24) is 4.90 Å². The summed E-state index contributed by atoms with van der Waals surface area (Å²) in [6.07, 6.45) is 4.81. The number of aliphatic hydroxyl groups excluding tert-OH is 1. The van der Waals surface area contributed by atoms with Gasteiger partial charge in [0.25, 0.3) is 0 Å². The van der Waals surface area contributed by atoms with Gasteiger partial charge in [-0.25, -0.2) is 0 Å². The summed E-state index contributed by atoms with van der Waals surface area (Å²) in [7, 11) is 1.85. The molecule has 128 valence electrons. The van der Waals surface area contributed by atoms with Crippen LogP contribution in [0.25, 0.3) is 0 Å². The lowest BCUT2D eigenvalue weighted by atomic mass is 9.86. The van der Waals surface area contributed by atoms with Crippen molar-refractivity contribution in [2.75, 3.05) is 20.2 Å². The summed E-state index contributed by atoms with van der Waals surface area (Å²) in [4.78, 5) is 14.2. The first-order chi connectivity index (χ1) is 11.1. The number of aliphatic hydroxyl groups is 1. The van der Waals surface area contributed by atoms with E-state index < -0.39 is 0 Å². The predicted molar refractivity (Wildman–Crippen MR) is 91.5 cm³/mol. The molecule has 1 saturated carbocycles. The fraction of sp³-hybridized carbons (Fsp3) is 0.632. The van der Waals surface area contributed by atoms with Gasteiger partial charge in [0.2, 0.25) is 5.91 Å². The van der Waals surface area contributed by atoms with Gasteiger partial charge in [-0.05, 0) is 49.8 Å². The third kappa shape index (κ3) is 5.54. The Hall–Kier alpha value is -1.55. The van der Waals surface area contributed by atoms with Gasteiger partial charge in [-0.2, -0.15) is 0 Å². The normalized spacial score (nSPS) is 21.0. The van der Waals surface area contributed by atoms with Crippen LogP contribution in [0.5, 0.6) is 5.75 Å². The molecule has 23 heavy (non-hydrogen) atoms. The van der Waals surface area contributed by atoms with Crippen LogP contribution in [-0.2, 0) is 11.2 Å². The van der Waals surface area contributed by atoms with E-state index in [4.69, 9.17) is 4.74 Å². The summed E-state index contributed by atoms with van der Waals surface area (Å²) in [6, 6.07) is 8.14. The van der Waals surface area contributed by atoms with Crippen molar-refractivity contribution < 1.29 is 14.6 Å². The molecule has 1 aliphatic rings. The zero-order valence-electron chi connectivity index (χ0n) is 14.3. The average Bonchev–Trinajstić information content (AvgIpc) is 2.58. The molecule has 1 aromatic carbocycles. The van der Waals surface area contributed by atoms with Crippen LogP contribution in [0.1, 0.15) is 44.6 Å². The maximum Gasteiger partial charge on any atom is 0.225 e. The fourth-order valence-electron chi connectivity index (χ4n) is 3.16. The zero-order valence-corrected chi connectivity index (χ0v) is 14.3. The molecule has 0 saturated heterocycles. The number of carbonyl (C=O) groups is 1. The van der Waals surface area contributed by atoms with Crippen LogP contribution >= 0.6 is 0 Å². The molecule has 0 unspecified atom stereocenters. The predicted octanol–water partition coefficient (Wildman–Crippen LogP) is 3.03. The number of ether oxygens (including phenoxy) is 1. The summed E-state index contributed by atoms with van der Waals surface area (Å²) in [6.45, 7) is 3.43. The third-order valence-corrected chi connectivity index (χ3v) is 4.59. The lowest BCUT2D eigenvalue weighted by Crippen LogP contribution is -2.37. The van der Waals surface area contributed by atoms with Gasteiger partial charge in [0.1, 0.15) is 5.75 Å². The van der Waals surface area contributed by atoms with E-state index >= 15 is 0 Å². The van der Waals surface area contributed by atoms with Gasteiger partial charge >= 0.3 is 0 Å². The largest absolute Gasteiger partial charge is 0.494 e. The molecule has 0 aliphatic heterocycles. The Balaban J connectivity index is 1.69. The fourth-order valence-corrected chi connectivity index (χ4v) is 3.16. The van der Waals surface area contributed by atoms with E-state index in [1.165, 1.54) is 5.56 Å². The quantitative estimate of drug-likeness (QED) is 0.786. The number of nitrogens with zero attached hydrogens (tertiary/aromatic N) is 1. The highest BCUT2D eigenvalue weighted by atomic mass is 16.5. The number of carbonyl (C=O) groups excluding carboxylic acids is 1. The van der Waals surface area contributed by atoms with E-state index in [-0.39, 0.29) is 17.9 Å².